The maximum Gasteiger partial charge on any atom is 0.212 e. The summed E-state index contributed by atoms with van der Waals surface area (Å²) in [6, 6.07) is 9.87. The number of benzene rings is 1. The van der Waals surface area contributed by atoms with E-state index in [9.17, 15) is 5.11 Å². The predicted molar refractivity (Wildman–Crippen MR) is 75.4 cm³/mol. The Morgan fingerprint density at radius 3 is 2.53 bits per heavy atom. The lowest BCUT2D eigenvalue weighted by Gasteiger charge is -2.12. The van der Waals surface area contributed by atoms with Gasteiger partial charge in [0.1, 0.15) is 0 Å². The molecule has 1 unspecified atom stereocenters. The molecule has 0 aliphatic heterocycles. The van der Waals surface area contributed by atoms with Crippen LogP contribution < -0.4 is 4.74 Å². The summed E-state index contributed by atoms with van der Waals surface area (Å²) in [4.78, 5) is 4.11. The van der Waals surface area contributed by atoms with Crippen molar-refractivity contribution in [2.75, 3.05) is 7.11 Å². The van der Waals surface area contributed by atoms with E-state index in [0.717, 1.165) is 11.1 Å². The van der Waals surface area contributed by atoms with Gasteiger partial charge in [-0.3, -0.25) is 0 Å². The van der Waals surface area contributed by atoms with Crippen LogP contribution in [0.2, 0.25) is 0 Å². The number of methoxy groups -OCH3 is 1. The van der Waals surface area contributed by atoms with Crippen LogP contribution in [0.4, 0.5) is 0 Å². The summed E-state index contributed by atoms with van der Waals surface area (Å²) in [6.45, 7) is 4.17. The zero-order valence-corrected chi connectivity index (χ0v) is 11.6. The highest BCUT2D eigenvalue weighted by atomic mass is 16.5. The first-order valence-electron chi connectivity index (χ1n) is 6.34. The van der Waals surface area contributed by atoms with E-state index in [1.807, 2.05) is 6.07 Å². The molecule has 2 aromatic rings. The number of nitrogens with zero attached hydrogens (tertiary/aromatic N) is 1. The van der Waals surface area contributed by atoms with Crippen LogP contribution in [0.25, 0.3) is 0 Å². The minimum Gasteiger partial charge on any atom is -0.481 e. The fourth-order valence-corrected chi connectivity index (χ4v) is 1.98. The van der Waals surface area contributed by atoms with Gasteiger partial charge in [0.25, 0.3) is 0 Å². The SMILES string of the molecule is COc1ccc(C(O)Cc2ccc(C)c(C)c2)cn1. The number of aryl methyl sites for hydroxylation is 2. The van der Waals surface area contributed by atoms with Crippen LogP contribution in [0.15, 0.2) is 36.5 Å². The summed E-state index contributed by atoms with van der Waals surface area (Å²) in [5, 5.41) is 10.2. The van der Waals surface area contributed by atoms with Gasteiger partial charge in [0.2, 0.25) is 5.88 Å². The molecule has 3 heteroatoms. The second kappa shape index (κ2) is 5.85. The number of rotatable bonds is 4. The van der Waals surface area contributed by atoms with E-state index in [1.165, 1.54) is 11.1 Å². The monoisotopic (exact) mass is 257 g/mol. The molecule has 3 nitrogen and oxygen atoms in total. The largest absolute Gasteiger partial charge is 0.481 e. The van der Waals surface area contributed by atoms with Crippen molar-refractivity contribution in [1.82, 2.24) is 4.98 Å². The molecule has 0 bridgehead atoms. The van der Waals surface area contributed by atoms with Gasteiger partial charge in [0.15, 0.2) is 0 Å². The zero-order valence-electron chi connectivity index (χ0n) is 11.6. The minimum absolute atomic E-state index is 0.541. The van der Waals surface area contributed by atoms with Gasteiger partial charge in [0.05, 0.1) is 13.2 Å². The number of ether oxygens (including phenoxy) is 1. The standard InChI is InChI=1S/C16H19NO2/c1-11-4-5-13(8-12(11)2)9-15(18)14-6-7-16(19-3)17-10-14/h4-8,10,15,18H,9H2,1-3H3. The third-order valence-electron chi connectivity index (χ3n) is 3.35. The first kappa shape index (κ1) is 13.6. The number of hydrogen-bond acceptors (Lipinski definition) is 3. The highest BCUT2D eigenvalue weighted by Crippen LogP contribution is 2.20. The van der Waals surface area contributed by atoms with Crippen LogP contribution in [0.3, 0.4) is 0 Å². The lowest BCUT2D eigenvalue weighted by Crippen LogP contribution is -2.03. The Hall–Kier alpha value is -1.87. The van der Waals surface area contributed by atoms with Gasteiger partial charge in [-0.25, -0.2) is 4.98 Å². The molecule has 1 aromatic heterocycles. The number of aliphatic hydroxyl groups is 1. The molecule has 1 aromatic carbocycles. The van der Waals surface area contributed by atoms with Crippen LogP contribution in [0, 0.1) is 13.8 Å². The zero-order chi connectivity index (χ0) is 13.8. The van der Waals surface area contributed by atoms with Crippen molar-refractivity contribution in [1.29, 1.82) is 0 Å². The molecule has 1 N–H and O–H groups in total. The van der Waals surface area contributed by atoms with E-state index in [2.05, 4.69) is 37.0 Å². The van der Waals surface area contributed by atoms with Crippen molar-refractivity contribution in [3.63, 3.8) is 0 Å². The molecule has 1 heterocycles. The van der Waals surface area contributed by atoms with Gasteiger partial charge in [-0.05, 0) is 42.2 Å². The summed E-state index contributed by atoms with van der Waals surface area (Å²) < 4.78 is 5.00. The minimum atomic E-state index is -0.541. The lowest BCUT2D eigenvalue weighted by atomic mass is 9.99. The van der Waals surface area contributed by atoms with Crippen LogP contribution in [-0.4, -0.2) is 17.2 Å². The van der Waals surface area contributed by atoms with Crippen LogP contribution >= 0.6 is 0 Å². The Kier molecular flexibility index (Phi) is 4.17. The van der Waals surface area contributed by atoms with Crippen molar-refractivity contribution in [3.8, 4) is 5.88 Å². The van der Waals surface area contributed by atoms with Crippen LogP contribution in [0.5, 0.6) is 5.88 Å². The van der Waals surface area contributed by atoms with E-state index in [-0.39, 0.29) is 0 Å². The molecule has 19 heavy (non-hydrogen) atoms. The molecule has 0 saturated heterocycles. The van der Waals surface area contributed by atoms with Gasteiger partial charge in [-0.15, -0.1) is 0 Å². The van der Waals surface area contributed by atoms with Gasteiger partial charge >= 0.3 is 0 Å². The maximum atomic E-state index is 10.2. The molecule has 0 aliphatic carbocycles. The van der Waals surface area contributed by atoms with Crippen molar-refractivity contribution < 1.29 is 9.84 Å². The van der Waals surface area contributed by atoms with Gasteiger partial charge < -0.3 is 9.84 Å². The summed E-state index contributed by atoms with van der Waals surface area (Å²) in [7, 11) is 1.58. The lowest BCUT2D eigenvalue weighted by molar-refractivity contribution is 0.178. The van der Waals surface area contributed by atoms with Crippen LogP contribution in [-0.2, 0) is 6.42 Å². The Balaban J connectivity index is 2.10. The van der Waals surface area contributed by atoms with Gasteiger partial charge in [0, 0.05) is 18.7 Å². The van der Waals surface area contributed by atoms with E-state index in [1.54, 1.807) is 19.4 Å². The fourth-order valence-electron chi connectivity index (χ4n) is 1.98. The highest BCUT2D eigenvalue weighted by Gasteiger charge is 2.10. The van der Waals surface area contributed by atoms with E-state index in [4.69, 9.17) is 4.74 Å². The van der Waals surface area contributed by atoms with E-state index < -0.39 is 6.10 Å². The second-order valence-corrected chi connectivity index (χ2v) is 4.77. The smallest absolute Gasteiger partial charge is 0.212 e. The van der Waals surface area contributed by atoms with Crippen molar-refractivity contribution in [3.05, 3.63) is 58.8 Å². The molecule has 0 saturated carbocycles. The average molecular weight is 257 g/mol. The first-order chi connectivity index (χ1) is 9.10. The molecule has 0 aliphatic rings. The summed E-state index contributed by atoms with van der Waals surface area (Å²) in [5.41, 5.74) is 4.45. The third kappa shape index (κ3) is 3.32. The third-order valence-corrected chi connectivity index (χ3v) is 3.35. The van der Waals surface area contributed by atoms with Crippen molar-refractivity contribution in [2.24, 2.45) is 0 Å². The molecule has 1 atom stereocenters. The topological polar surface area (TPSA) is 42.4 Å². The summed E-state index contributed by atoms with van der Waals surface area (Å²) in [6.07, 6.45) is 1.71. The molecule has 0 radical (unpaired) electrons. The first-order valence-corrected chi connectivity index (χ1v) is 6.34. The second-order valence-electron chi connectivity index (χ2n) is 4.77. The average Bonchev–Trinajstić information content (AvgIpc) is 2.43. The number of hydrogen-bond donors (Lipinski definition) is 1. The Morgan fingerprint density at radius 2 is 1.95 bits per heavy atom. The molecule has 100 valence electrons. The molecule has 2 rings (SSSR count). The number of aromatic nitrogens is 1. The highest BCUT2D eigenvalue weighted by molar-refractivity contribution is 5.31. The molecule has 0 fully saturated rings. The molecular formula is C16H19NO2. The van der Waals surface area contributed by atoms with Crippen LogP contribution in [0.1, 0.15) is 28.4 Å². The van der Waals surface area contributed by atoms with E-state index >= 15 is 0 Å². The van der Waals surface area contributed by atoms with Crippen molar-refractivity contribution in [2.45, 2.75) is 26.4 Å². The molecule has 0 spiro atoms. The van der Waals surface area contributed by atoms with E-state index in [0.29, 0.717) is 12.3 Å². The number of pyridine rings is 1. The van der Waals surface area contributed by atoms with Gasteiger partial charge in [-0.2, -0.15) is 0 Å². The van der Waals surface area contributed by atoms with Gasteiger partial charge in [-0.1, -0.05) is 18.2 Å². The summed E-state index contributed by atoms with van der Waals surface area (Å²) >= 11 is 0. The normalized spacial score (nSPS) is 12.2. The maximum absolute atomic E-state index is 10.2. The molecule has 0 amide bonds. The molecular weight excluding hydrogens is 238 g/mol. The fraction of sp³-hybridized carbons (Fsp3) is 0.312. The Bertz CT molecular complexity index is 549. The summed E-state index contributed by atoms with van der Waals surface area (Å²) in [5.74, 6) is 0.558. The Morgan fingerprint density at radius 1 is 1.16 bits per heavy atom. The van der Waals surface area contributed by atoms with Crippen molar-refractivity contribution >= 4 is 0 Å². The Labute approximate surface area is 113 Å². The number of aliphatic hydroxyl groups excluding tert-OH is 1. The quantitative estimate of drug-likeness (QED) is 0.915. The predicted octanol–water partition coefficient (Wildman–Crippen LogP) is 2.98.